The van der Waals surface area contributed by atoms with Crippen LogP contribution in [0.4, 0.5) is 0 Å². The number of carbonyl (C=O) groups excluding carboxylic acids is 2. The van der Waals surface area contributed by atoms with Crippen LogP contribution in [0.5, 0.6) is 0 Å². The highest BCUT2D eigenvalue weighted by atomic mass is 16.2. The summed E-state index contributed by atoms with van der Waals surface area (Å²) in [6.07, 6.45) is 0. The molecule has 1 unspecified atom stereocenters. The Labute approximate surface area is 209 Å². The first kappa shape index (κ1) is 27.5. The first-order chi connectivity index (χ1) is 17.0. The number of rotatable bonds is 9. The molecule has 0 saturated carbocycles. The Morgan fingerprint density at radius 1 is 0.639 bits per heavy atom. The molecule has 190 valence electrons. The van der Waals surface area contributed by atoms with Gasteiger partial charge in [-0.05, 0) is 63.1 Å². The molecule has 2 atom stereocenters. The molecule has 0 fully saturated rings. The second-order valence-corrected chi connectivity index (χ2v) is 8.11. The van der Waals surface area contributed by atoms with E-state index in [-0.39, 0.29) is 35.8 Å². The number of benzene rings is 2. The zero-order valence-corrected chi connectivity index (χ0v) is 20.7. The van der Waals surface area contributed by atoms with Crippen molar-refractivity contribution < 1.29 is 9.59 Å². The minimum absolute atomic E-state index is 0.158. The second-order valence-electron chi connectivity index (χ2n) is 8.11. The Balaban J connectivity index is 2.06. The zero-order chi connectivity index (χ0) is 26.8. The Morgan fingerprint density at radius 2 is 0.972 bits per heavy atom. The highest BCUT2D eigenvalue weighted by molar-refractivity contribution is 6.03. The third kappa shape index (κ3) is 8.24. The van der Waals surface area contributed by atoms with Crippen LogP contribution in [0.2, 0.25) is 0 Å². The first-order valence-corrected chi connectivity index (χ1v) is 11.1. The summed E-state index contributed by atoms with van der Waals surface area (Å²) in [7, 11) is 0. The van der Waals surface area contributed by atoms with Gasteiger partial charge >= 0.3 is 0 Å². The van der Waals surface area contributed by atoms with Gasteiger partial charge in [-0.1, -0.05) is 24.3 Å². The SMILES string of the molecule is C/C(=N\N=C(N)N)c1cccc(C(=O)NC(C)[C@@H](C)NC(=O)c2cccc(/C(C)=N/N=C(N)N)c2)c1. The predicted molar refractivity (Wildman–Crippen MR) is 143 cm³/mol. The number of hydrogen-bond acceptors (Lipinski definition) is 6. The van der Waals surface area contributed by atoms with Gasteiger partial charge in [0.2, 0.25) is 11.9 Å². The molecule has 0 heterocycles. The van der Waals surface area contributed by atoms with Crippen LogP contribution in [0.25, 0.3) is 0 Å². The topological polar surface area (TPSA) is 212 Å². The molecule has 36 heavy (non-hydrogen) atoms. The number of nitrogens with one attached hydrogen (secondary N) is 2. The first-order valence-electron chi connectivity index (χ1n) is 11.1. The highest BCUT2D eigenvalue weighted by Gasteiger charge is 2.19. The molecule has 2 rings (SSSR count). The van der Waals surface area contributed by atoms with Crippen LogP contribution >= 0.6 is 0 Å². The monoisotopic (exact) mass is 492 g/mol. The van der Waals surface area contributed by atoms with E-state index in [1.807, 2.05) is 0 Å². The minimum Gasteiger partial charge on any atom is -0.369 e. The lowest BCUT2D eigenvalue weighted by atomic mass is 10.1. The molecule has 0 saturated heterocycles. The molecule has 10 N–H and O–H groups in total. The number of nitrogens with zero attached hydrogens (tertiary/aromatic N) is 4. The van der Waals surface area contributed by atoms with Gasteiger partial charge < -0.3 is 33.6 Å². The largest absolute Gasteiger partial charge is 0.369 e. The number of carbonyl (C=O) groups is 2. The lowest BCUT2D eigenvalue weighted by Gasteiger charge is -2.23. The highest BCUT2D eigenvalue weighted by Crippen LogP contribution is 2.10. The van der Waals surface area contributed by atoms with Gasteiger partial charge in [0.1, 0.15) is 0 Å². The van der Waals surface area contributed by atoms with Crippen LogP contribution in [0.3, 0.4) is 0 Å². The summed E-state index contributed by atoms with van der Waals surface area (Å²) in [5.74, 6) is -0.912. The maximum Gasteiger partial charge on any atom is 0.251 e. The average molecular weight is 493 g/mol. The van der Waals surface area contributed by atoms with Crippen LogP contribution < -0.4 is 33.6 Å². The standard InChI is InChI=1S/C24H32N10O2/c1-13(29-21(35)19-9-5-7-17(11-19)15(3)31-33-23(25)26)14(2)30-22(36)20-10-6-8-18(12-20)16(4)32-34-24(27)28/h5-14H,1-4H3,(H,29,35)(H,30,36)(H4,25,26,33)(H4,27,28,34)/b31-15+,32-16+/t13-,14?/m1/s1. The van der Waals surface area contributed by atoms with Crippen LogP contribution in [0.15, 0.2) is 68.9 Å². The molecule has 0 bridgehead atoms. The lowest BCUT2D eigenvalue weighted by molar-refractivity contribution is 0.0892. The summed E-state index contributed by atoms with van der Waals surface area (Å²) in [5.41, 5.74) is 24.6. The number of nitrogens with two attached hydrogens (primary N) is 4. The van der Waals surface area contributed by atoms with Gasteiger partial charge in [-0.15, -0.1) is 10.2 Å². The van der Waals surface area contributed by atoms with Gasteiger partial charge in [0.15, 0.2) is 0 Å². The summed E-state index contributed by atoms with van der Waals surface area (Å²) in [4.78, 5) is 25.6. The van der Waals surface area contributed by atoms with Crippen molar-refractivity contribution in [3.8, 4) is 0 Å². The van der Waals surface area contributed by atoms with Crippen molar-refractivity contribution in [2.24, 2.45) is 43.3 Å². The Hall–Kier alpha value is -4.74. The van der Waals surface area contributed by atoms with Crippen molar-refractivity contribution in [3.05, 3.63) is 70.8 Å². The Bertz CT molecular complexity index is 1130. The molecule has 0 aliphatic rings. The molecule has 0 aliphatic carbocycles. The molecule has 2 amide bonds. The van der Waals surface area contributed by atoms with E-state index >= 15 is 0 Å². The molecule has 0 radical (unpaired) electrons. The molecule has 0 aromatic heterocycles. The van der Waals surface area contributed by atoms with Crippen LogP contribution in [0, 0.1) is 0 Å². The van der Waals surface area contributed by atoms with E-state index < -0.39 is 0 Å². The van der Waals surface area contributed by atoms with Crippen molar-refractivity contribution >= 4 is 35.2 Å². The maximum atomic E-state index is 12.8. The van der Waals surface area contributed by atoms with Crippen molar-refractivity contribution in [2.45, 2.75) is 39.8 Å². The summed E-state index contributed by atoms with van der Waals surface area (Å²) in [5, 5.41) is 20.9. The summed E-state index contributed by atoms with van der Waals surface area (Å²) >= 11 is 0. The van der Waals surface area contributed by atoms with Gasteiger partial charge in [0.25, 0.3) is 11.8 Å². The average Bonchev–Trinajstić information content (AvgIpc) is 2.85. The van der Waals surface area contributed by atoms with Crippen LogP contribution in [0.1, 0.15) is 59.5 Å². The third-order valence-corrected chi connectivity index (χ3v) is 5.18. The van der Waals surface area contributed by atoms with Crippen molar-refractivity contribution in [3.63, 3.8) is 0 Å². The van der Waals surface area contributed by atoms with Crippen molar-refractivity contribution in [1.29, 1.82) is 0 Å². The second kappa shape index (κ2) is 12.6. The van der Waals surface area contributed by atoms with E-state index in [1.54, 1.807) is 76.2 Å². The van der Waals surface area contributed by atoms with E-state index in [1.165, 1.54) is 0 Å². The normalized spacial score (nSPS) is 13.2. The fourth-order valence-corrected chi connectivity index (χ4v) is 2.98. The van der Waals surface area contributed by atoms with Crippen LogP contribution in [-0.4, -0.2) is 47.2 Å². The zero-order valence-electron chi connectivity index (χ0n) is 20.7. The van der Waals surface area contributed by atoms with E-state index in [9.17, 15) is 9.59 Å². The molecular weight excluding hydrogens is 460 g/mol. The van der Waals surface area contributed by atoms with E-state index in [2.05, 4.69) is 31.0 Å². The molecule has 2 aromatic carbocycles. The van der Waals surface area contributed by atoms with Gasteiger partial charge in [0, 0.05) is 23.2 Å². The molecule has 12 heteroatoms. The number of guanidine groups is 2. The number of hydrogen-bond donors (Lipinski definition) is 6. The van der Waals surface area contributed by atoms with E-state index in [0.717, 1.165) is 0 Å². The molecule has 0 aliphatic heterocycles. The van der Waals surface area contributed by atoms with Crippen molar-refractivity contribution in [2.75, 3.05) is 0 Å². The molecule has 0 spiro atoms. The third-order valence-electron chi connectivity index (χ3n) is 5.18. The van der Waals surface area contributed by atoms with Gasteiger partial charge in [0.05, 0.1) is 11.4 Å². The van der Waals surface area contributed by atoms with Crippen molar-refractivity contribution in [1.82, 2.24) is 10.6 Å². The minimum atomic E-state index is -0.366. The summed E-state index contributed by atoms with van der Waals surface area (Å²) in [6, 6.07) is 13.1. The van der Waals surface area contributed by atoms with E-state index in [4.69, 9.17) is 22.9 Å². The van der Waals surface area contributed by atoms with Gasteiger partial charge in [-0.2, -0.15) is 10.2 Å². The summed E-state index contributed by atoms with van der Waals surface area (Å²) in [6.45, 7) is 7.07. The lowest BCUT2D eigenvalue weighted by Crippen LogP contribution is -2.48. The molecule has 2 aromatic rings. The number of amides is 2. The van der Waals surface area contributed by atoms with Crippen LogP contribution in [-0.2, 0) is 0 Å². The van der Waals surface area contributed by atoms with Gasteiger partial charge in [-0.3, -0.25) is 9.59 Å². The maximum absolute atomic E-state index is 12.8. The van der Waals surface area contributed by atoms with Gasteiger partial charge in [-0.25, -0.2) is 0 Å². The predicted octanol–water partition coefficient (Wildman–Crippen LogP) is 0.618. The molecule has 12 nitrogen and oxygen atoms in total. The quantitative estimate of drug-likeness (QED) is 0.167. The smallest absolute Gasteiger partial charge is 0.251 e. The fourth-order valence-electron chi connectivity index (χ4n) is 2.98. The molecular formula is C24H32N10O2. The Kier molecular flexibility index (Phi) is 9.66. The fraction of sp³-hybridized carbons (Fsp3) is 0.250. The van der Waals surface area contributed by atoms with E-state index in [0.29, 0.717) is 33.7 Å². The summed E-state index contributed by atoms with van der Waals surface area (Å²) < 4.78 is 0. The Morgan fingerprint density at radius 3 is 1.31 bits per heavy atom.